The van der Waals surface area contributed by atoms with Crippen molar-refractivity contribution < 1.29 is 22.3 Å². The summed E-state index contributed by atoms with van der Waals surface area (Å²) in [6, 6.07) is 2.85. The van der Waals surface area contributed by atoms with Crippen LogP contribution in [0.2, 0.25) is 5.02 Å². The summed E-state index contributed by atoms with van der Waals surface area (Å²) >= 11 is 5.86. The molecule has 0 radical (unpaired) electrons. The molecule has 0 bridgehead atoms. The number of rotatable bonds is 6. The van der Waals surface area contributed by atoms with Crippen molar-refractivity contribution in [2.45, 2.75) is 30.7 Å². The molecule has 8 heteroatoms. The highest BCUT2D eigenvalue weighted by molar-refractivity contribution is 7.89. The molecular weight excluding hydrogens is 321 g/mol. The Morgan fingerprint density at radius 1 is 1.48 bits per heavy atom. The quantitative estimate of drug-likeness (QED) is 0.748. The molecule has 0 spiro atoms. The largest absolute Gasteiger partial charge is 0.465 e. The molecule has 1 aromatic carbocycles. The van der Waals surface area contributed by atoms with E-state index in [1.54, 1.807) is 6.92 Å². The highest BCUT2D eigenvalue weighted by Crippen LogP contribution is 2.34. The maximum atomic E-state index is 13.3. The zero-order valence-electron chi connectivity index (χ0n) is 11.4. The van der Waals surface area contributed by atoms with Crippen LogP contribution in [0.15, 0.2) is 23.1 Å². The zero-order chi connectivity index (χ0) is 15.6. The smallest absolute Gasteiger partial charge is 0.321 e. The molecular formula is C13H15ClFNO4S. The summed E-state index contributed by atoms with van der Waals surface area (Å²) in [7, 11) is -4.04. The van der Waals surface area contributed by atoms with Gasteiger partial charge in [-0.1, -0.05) is 11.6 Å². The van der Waals surface area contributed by atoms with Crippen LogP contribution in [0.4, 0.5) is 4.39 Å². The molecule has 21 heavy (non-hydrogen) atoms. The first-order chi connectivity index (χ1) is 9.86. The first-order valence-electron chi connectivity index (χ1n) is 6.48. The third-order valence-corrected chi connectivity index (χ3v) is 5.40. The molecule has 1 fully saturated rings. The molecule has 1 aliphatic carbocycles. The number of nitrogens with zero attached hydrogens (tertiary/aromatic N) is 1. The van der Waals surface area contributed by atoms with Crippen LogP contribution in [0.5, 0.6) is 0 Å². The van der Waals surface area contributed by atoms with Crippen molar-refractivity contribution >= 4 is 27.6 Å². The number of hydrogen-bond donors (Lipinski definition) is 0. The van der Waals surface area contributed by atoms with Gasteiger partial charge in [-0.15, -0.1) is 0 Å². The number of esters is 1. The standard InChI is InChI=1S/C13H15ClFNO4S/c1-2-20-13(17)8-16(10-4-5-10)21(18,19)12-7-9(15)3-6-11(12)14/h3,6-7,10H,2,4-5,8H2,1H3. The normalized spacial score (nSPS) is 15.2. The average Bonchev–Trinajstić information content (AvgIpc) is 3.23. The van der Waals surface area contributed by atoms with Crippen molar-refractivity contribution in [3.8, 4) is 0 Å². The van der Waals surface area contributed by atoms with Crippen molar-refractivity contribution in [3.05, 3.63) is 29.0 Å². The third-order valence-electron chi connectivity index (χ3n) is 3.02. The number of sulfonamides is 1. The lowest BCUT2D eigenvalue weighted by Gasteiger charge is -2.21. The van der Waals surface area contributed by atoms with E-state index >= 15 is 0 Å². The number of carbonyl (C=O) groups excluding carboxylic acids is 1. The van der Waals surface area contributed by atoms with E-state index in [1.807, 2.05) is 0 Å². The summed E-state index contributed by atoms with van der Waals surface area (Å²) in [5.74, 6) is -1.34. The lowest BCUT2D eigenvalue weighted by molar-refractivity contribution is -0.143. The topological polar surface area (TPSA) is 63.7 Å². The van der Waals surface area contributed by atoms with E-state index in [-0.39, 0.29) is 22.6 Å². The fourth-order valence-corrected chi connectivity index (χ4v) is 4.03. The van der Waals surface area contributed by atoms with Crippen LogP contribution in [-0.2, 0) is 19.6 Å². The second-order valence-electron chi connectivity index (χ2n) is 4.66. The molecule has 0 heterocycles. The van der Waals surface area contributed by atoms with Crippen LogP contribution >= 0.6 is 11.6 Å². The third kappa shape index (κ3) is 3.72. The Morgan fingerprint density at radius 2 is 2.14 bits per heavy atom. The number of hydrogen-bond acceptors (Lipinski definition) is 4. The van der Waals surface area contributed by atoms with Gasteiger partial charge in [0.1, 0.15) is 17.3 Å². The SMILES string of the molecule is CCOC(=O)CN(C1CC1)S(=O)(=O)c1cc(F)ccc1Cl. The van der Waals surface area contributed by atoms with Gasteiger partial charge < -0.3 is 4.74 Å². The fraction of sp³-hybridized carbons (Fsp3) is 0.462. The molecule has 0 saturated heterocycles. The second-order valence-corrected chi connectivity index (χ2v) is 6.93. The van der Waals surface area contributed by atoms with Gasteiger partial charge in [0.15, 0.2) is 0 Å². The molecule has 0 aromatic heterocycles. The van der Waals surface area contributed by atoms with Crippen molar-refractivity contribution in [3.63, 3.8) is 0 Å². The lowest BCUT2D eigenvalue weighted by atomic mass is 10.3. The Morgan fingerprint density at radius 3 is 2.71 bits per heavy atom. The molecule has 0 amide bonds. The molecule has 1 saturated carbocycles. The highest BCUT2D eigenvalue weighted by Gasteiger charge is 2.40. The van der Waals surface area contributed by atoms with E-state index in [1.165, 1.54) is 6.07 Å². The van der Waals surface area contributed by atoms with Gasteiger partial charge in [-0.25, -0.2) is 12.8 Å². The minimum atomic E-state index is -4.04. The van der Waals surface area contributed by atoms with E-state index < -0.39 is 28.4 Å². The minimum Gasteiger partial charge on any atom is -0.465 e. The van der Waals surface area contributed by atoms with Crippen molar-refractivity contribution in [2.75, 3.05) is 13.2 Å². The summed E-state index contributed by atoms with van der Waals surface area (Å²) in [6.07, 6.45) is 1.32. The summed E-state index contributed by atoms with van der Waals surface area (Å²) in [4.78, 5) is 11.2. The van der Waals surface area contributed by atoms with E-state index in [4.69, 9.17) is 16.3 Å². The van der Waals surface area contributed by atoms with Crippen molar-refractivity contribution in [2.24, 2.45) is 0 Å². The molecule has 0 unspecified atom stereocenters. The minimum absolute atomic E-state index is 0.0779. The van der Waals surface area contributed by atoms with Crippen LogP contribution in [0.1, 0.15) is 19.8 Å². The van der Waals surface area contributed by atoms with Gasteiger partial charge in [-0.05, 0) is 38.0 Å². The van der Waals surface area contributed by atoms with Crippen LogP contribution in [0.25, 0.3) is 0 Å². The first-order valence-corrected chi connectivity index (χ1v) is 8.30. The van der Waals surface area contributed by atoms with Gasteiger partial charge in [0.05, 0.1) is 11.6 Å². The molecule has 0 atom stereocenters. The number of ether oxygens (including phenoxy) is 1. The van der Waals surface area contributed by atoms with Gasteiger partial charge in [0.2, 0.25) is 10.0 Å². The highest BCUT2D eigenvalue weighted by atomic mass is 35.5. The molecule has 0 N–H and O–H groups in total. The summed E-state index contributed by atoms with van der Waals surface area (Å²) < 4.78 is 44.3. The summed E-state index contributed by atoms with van der Waals surface area (Å²) in [5, 5.41) is -0.0779. The van der Waals surface area contributed by atoms with E-state index in [0.29, 0.717) is 12.8 Å². The van der Waals surface area contributed by atoms with Gasteiger partial charge >= 0.3 is 5.97 Å². The predicted molar refractivity (Wildman–Crippen MR) is 75.0 cm³/mol. The average molecular weight is 336 g/mol. The Labute approximate surface area is 127 Å². The summed E-state index contributed by atoms with van der Waals surface area (Å²) in [6.45, 7) is 1.41. The summed E-state index contributed by atoms with van der Waals surface area (Å²) in [5.41, 5.74) is 0. The first kappa shape index (κ1) is 16.2. The number of halogens is 2. The van der Waals surface area contributed by atoms with Crippen LogP contribution in [0.3, 0.4) is 0 Å². The molecule has 2 rings (SSSR count). The van der Waals surface area contributed by atoms with E-state index in [0.717, 1.165) is 16.4 Å². The van der Waals surface area contributed by atoms with Crippen LogP contribution < -0.4 is 0 Å². The fourth-order valence-electron chi connectivity index (χ4n) is 1.91. The molecule has 5 nitrogen and oxygen atoms in total. The maximum absolute atomic E-state index is 13.3. The van der Waals surface area contributed by atoms with Crippen molar-refractivity contribution in [1.82, 2.24) is 4.31 Å². The molecule has 0 aliphatic heterocycles. The number of benzene rings is 1. The molecule has 1 aliphatic rings. The Balaban J connectivity index is 2.34. The maximum Gasteiger partial charge on any atom is 0.321 e. The Hall–Kier alpha value is -1.18. The van der Waals surface area contributed by atoms with E-state index in [2.05, 4.69) is 0 Å². The van der Waals surface area contributed by atoms with Crippen LogP contribution in [0, 0.1) is 5.82 Å². The van der Waals surface area contributed by atoms with E-state index in [9.17, 15) is 17.6 Å². The molecule has 116 valence electrons. The molecule has 1 aromatic rings. The predicted octanol–water partition coefficient (Wildman–Crippen LogP) is 2.20. The lowest BCUT2D eigenvalue weighted by Crippen LogP contribution is -2.38. The van der Waals surface area contributed by atoms with Crippen molar-refractivity contribution in [1.29, 1.82) is 0 Å². The Kier molecular flexibility index (Phi) is 4.85. The number of carbonyl (C=O) groups is 1. The van der Waals surface area contributed by atoms with Gasteiger partial charge in [-0.3, -0.25) is 4.79 Å². The van der Waals surface area contributed by atoms with Gasteiger partial charge in [-0.2, -0.15) is 4.31 Å². The van der Waals surface area contributed by atoms with Crippen LogP contribution in [-0.4, -0.2) is 37.9 Å². The second kappa shape index (κ2) is 6.29. The van der Waals surface area contributed by atoms with Gasteiger partial charge in [0.25, 0.3) is 0 Å². The monoisotopic (exact) mass is 335 g/mol. The van der Waals surface area contributed by atoms with Gasteiger partial charge in [0, 0.05) is 6.04 Å². The zero-order valence-corrected chi connectivity index (χ0v) is 13.0. The Bertz CT molecular complexity index is 646.